The van der Waals surface area contributed by atoms with Crippen molar-refractivity contribution in [2.75, 3.05) is 61.0 Å². The van der Waals surface area contributed by atoms with E-state index in [-0.39, 0.29) is 0 Å². The van der Waals surface area contributed by atoms with E-state index in [4.69, 9.17) is 0 Å². The number of hydrogen-bond donors (Lipinski definition) is 2. The summed E-state index contributed by atoms with van der Waals surface area (Å²) < 4.78 is 0. The molecular weight excluding hydrogens is 164 g/mol. The lowest BCUT2D eigenvalue weighted by Gasteiger charge is -2.12. The Bertz CT molecular complexity index is 91.8. The minimum atomic E-state index is 0.904. The van der Waals surface area contributed by atoms with Crippen molar-refractivity contribution in [3.63, 3.8) is 0 Å². The summed E-state index contributed by atoms with van der Waals surface area (Å²) in [4.78, 5) is 4.35. The molecule has 0 aliphatic rings. The molecule has 0 aromatic rings. The Labute approximate surface area is 82.3 Å². The van der Waals surface area contributed by atoms with Gasteiger partial charge in [0.2, 0.25) is 0 Å². The second-order valence-corrected chi connectivity index (χ2v) is 3.78. The number of rotatable bonds is 8. The predicted octanol–water partition coefficient (Wildman–Crippen LogP) is -0.754. The lowest BCUT2D eigenvalue weighted by atomic mass is 10.5. The van der Waals surface area contributed by atoms with Gasteiger partial charge in [0.05, 0.1) is 0 Å². The summed E-state index contributed by atoms with van der Waals surface area (Å²) in [5, 5.41) is 6.64. The lowest BCUT2D eigenvalue weighted by molar-refractivity contribution is 0.380. The lowest BCUT2D eigenvalue weighted by Crippen LogP contribution is -2.36. The molecule has 0 spiro atoms. The first kappa shape index (κ1) is 12.8. The molecule has 80 valence electrons. The molecule has 0 aliphatic heterocycles. The van der Waals surface area contributed by atoms with Gasteiger partial charge in [0.1, 0.15) is 0 Å². The van der Waals surface area contributed by atoms with Crippen molar-refractivity contribution >= 4 is 0 Å². The van der Waals surface area contributed by atoms with Crippen molar-refractivity contribution in [3.05, 3.63) is 0 Å². The summed E-state index contributed by atoms with van der Waals surface area (Å²) in [5.41, 5.74) is 0. The third kappa shape index (κ3) is 11.8. The van der Waals surface area contributed by atoms with Gasteiger partial charge in [-0.1, -0.05) is 0 Å². The summed E-state index contributed by atoms with van der Waals surface area (Å²) in [6, 6.07) is 0. The Balaban J connectivity index is 2.92. The van der Waals surface area contributed by atoms with E-state index in [1.807, 2.05) is 0 Å². The molecule has 0 bridgehead atoms. The minimum absolute atomic E-state index is 0.904. The van der Waals surface area contributed by atoms with E-state index < -0.39 is 0 Å². The van der Waals surface area contributed by atoms with Gasteiger partial charge in [-0.2, -0.15) is 0 Å². The monoisotopic (exact) mass is 188 g/mol. The standard InChI is InChI=1S/C9H24N4/c1-12(2)7-5-10-9-11-6-8-13(3)4/h10-11H,5-9H2,1-4H3. The van der Waals surface area contributed by atoms with Crippen molar-refractivity contribution in [2.45, 2.75) is 0 Å². The first-order valence-corrected chi connectivity index (χ1v) is 4.84. The molecule has 0 unspecified atom stereocenters. The SMILES string of the molecule is CN(C)CCNCNCCN(C)C. The number of nitrogens with zero attached hydrogens (tertiary/aromatic N) is 2. The third-order valence-electron chi connectivity index (χ3n) is 1.72. The maximum atomic E-state index is 3.32. The second-order valence-electron chi connectivity index (χ2n) is 3.78. The van der Waals surface area contributed by atoms with Crippen molar-refractivity contribution in [1.29, 1.82) is 0 Å². The highest BCUT2D eigenvalue weighted by Gasteiger charge is 1.90. The average Bonchev–Trinajstić information content (AvgIpc) is 2.01. The summed E-state index contributed by atoms with van der Waals surface area (Å²) in [6.45, 7) is 5.18. The van der Waals surface area contributed by atoms with Gasteiger partial charge in [0.25, 0.3) is 0 Å². The van der Waals surface area contributed by atoms with Crippen molar-refractivity contribution in [1.82, 2.24) is 20.4 Å². The highest BCUT2D eigenvalue weighted by atomic mass is 15.1. The summed E-state index contributed by atoms with van der Waals surface area (Å²) >= 11 is 0. The van der Waals surface area contributed by atoms with E-state index in [2.05, 4.69) is 48.6 Å². The van der Waals surface area contributed by atoms with Crippen molar-refractivity contribution < 1.29 is 0 Å². The van der Waals surface area contributed by atoms with Gasteiger partial charge in [0.15, 0.2) is 0 Å². The Morgan fingerprint density at radius 1 is 0.769 bits per heavy atom. The van der Waals surface area contributed by atoms with E-state index in [9.17, 15) is 0 Å². The molecule has 0 amide bonds. The molecule has 0 saturated heterocycles. The topological polar surface area (TPSA) is 30.5 Å². The molecule has 4 heteroatoms. The maximum Gasteiger partial charge on any atom is 0.0455 e. The van der Waals surface area contributed by atoms with E-state index in [0.29, 0.717) is 0 Å². The Morgan fingerprint density at radius 2 is 1.15 bits per heavy atom. The first-order valence-electron chi connectivity index (χ1n) is 4.84. The van der Waals surface area contributed by atoms with Gasteiger partial charge in [0, 0.05) is 32.8 Å². The molecule has 0 aliphatic carbocycles. The second kappa shape index (κ2) is 8.44. The van der Waals surface area contributed by atoms with Crippen LogP contribution in [0.15, 0.2) is 0 Å². The van der Waals surface area contributed by atoms with E-state index >= 15 is 0 Å². The van der Waals surface area contributed by atoms with E-state index in [1.165, 1.54) is 0 Å². The molecule has 0 aromatic heterocycles. The summed E-state index contributed by atoms with van der Waals surface area (Å²) in [6.07, 6.45) is 0. The Hall–Kier alpha value is -0.160. The van der Waals surface area contributed by atoms with Crippen molar-refractivity contribution in [3.8, 4) is 0 Å². The third-order valence-corrected chi connectivity index (χ3v) is 1.72. The van der Waals surface area contributed by atoms with Gasteiger partial charge >= 0.3 is 0 Å². The fraction of sp³-hybridized carbons (Fsp3) is 1.00. The molecule has 0 atom stereocenters. The summed E-state index contributed by atoms with van der Waals surface area (Å²) in [7, 11) is 8.34. The molecule has 0 rings (SSSR count). The fourth-order valence-electron chi connectivity index (χ4n) is 0.870. The fourth-order valence-corrected chi connectivity index (χ4v) is 0.870. The van der Waals surface area contributed by atoms with Crippen LogP contribution < -0.4 is 10.6 Å². The van der Waals surface area contributed by atoms with Gasteiger partial charge in [-0.3, -0.25) is 0 Å². The first-order chi connectivity index (χ1) is 6.13. The van der Waals surface area contributed by atoms with Crippen LogP contribution in [0.5, 0.6) is 0 Å². The highest BCUT2D eigenvalue weighted by molar-refractivity contribution is 4.51. The van der Waals surface area contributed by atoms with Crippen LogP contribution in [0.2, 0.25) is 0 Å². The molecule has 0 radical (unpaired) electrons. The van der Waals surface area contributed by atoms with Gasteiger partial charge in [-0.25, -0.2) is 0 Å². The number of hydrogen-bond acceptors (Lipinski definition) is 4. The predicted molar refractivity (Wildman–Crippen MR) is 58.0 cm³/mol. The van der Waals surface area contributed by atoms with Crippen molar-refractivity contribution in [2.24, 2.45) is 0 Å². The van der Waals surface area contributed by atoms with Gasteiger partial charge < -0.3 is 20.4 Å². The highest BCUT2D eigenvalue weighted by Crippen LogP contribution is 1.71. The van der Waals surface area contributed by atoms with Crippen LogP contribution in [-0.4, -0.2) is 70.8 Å². The van der Waals surface area contributed by atoms with Gasteiger partial charge in [-0.15, -0.1) is 0 Å². The maximum absolute atomic E-state index is 3.32. The van der Waals surface area contributed by atoms with E-state index in [1.54, 1.807) is 0 Å². The normalized spacial score (nSPS) is 11.5. The quantitative estimate of drug-likeness (QED) is 0.387. The minimum Gasteiger partial charge on any atom is -0.308 e. The molecule has 4 nitrogen and oxygen atoms in total. The molecular formula is C9H24N4. The molecule has 0 aromatic carbocycles. The van der Waals surface area contributed by atoms with Crippen LogP contribution >= 0.6 is 0 Å². The van der Waals surface area contributed by atoms with E-state index in [0.717, 1.165) is 32.8 Å². The Kier molecular flexibility index (Phi) is 8.33. The van der Waals surface area contributed by atoms with Crippen LogP contribution in [0.1, 0.15) is 0 Å². The molecule has 0 heterocycles. The molecule has 0 saturated carbocycles. The Morgan fingerprint density at radius 3 is 1.46 bits per heavy atom. The zero-order chi connectivity index (χ0) is 10.1. The van der Waals surface area contributed by atoms with Crippen LogP contribution in [0.25, 0.3) is 0 Å². The zero-order valence-corrected chi connectivity index (χ0v) is 9.43. The van der Waals surface area contributed by atoms with Crippen LogP contribution in [0.3, 0.4) is 0 Å². The summed E-state index contributed by atoms with van der Waals surface area (Å²) in [5.74, 6) is 0. The molecule has 0 fully saturated rings. The van der Waals surface area contributed by atoms with Crippen LogP contribution in [0, 0.1) is 0 Å². The molecule has 2 N–H and O–H groups in total. The largest absolute Gasteiger partial charge is 0.308 e. The van der Waals surface area contributed by atoms with Crippen LogP contribution in [-0.2, 0) is 0 Å². The average molecular weight is 188 g/mol. The number of likely N-dealkylation sites (N-methyl/N-ethyl adjacent to an activating group) is 2. The number of nitrogens with one attached hydrogen (secondary N) is 2. The zero-order valence-electron chi connectivity index (χ0n) is 9.43. The van der Waals surface area contributed by atoms with Crippen LogP contribution in [0.4, 0.5) is 0 Å². The molecule has 13 heavy (non-hydrogen) atoms. The van der Waals surface area contributed by atoms with Gasteiger partial charge in [-0.05, 0) is 28.2 Å². The smallest absolute Gasteiger partial charge is 0.0455 e.